The summed E-state index contributed by atoms with van der Waals surface area (Å²) >= 11 is 3.48. The SMILES string of the molecule is CCC1NC(C)CC1c1ccc(Br)cc1. The molecule has 1 nitrogen and oxygen atoms in total. The van der Waals surface area contributed by atoms with E-state index in [1.807, 2.05) is 0 Å². The van der Waals surface area contributed by atoms with E-state index >= 15 is 0 Å². The van der Waals surface area contributed by atoms with E-state index in [4.69, 9.17) is 0 Å². The quantitative estimate of drug-likeness (QED) is 0.862. The predicted octanol–water partition coefficient (Wildman–Crippen LogP) is 3.69. The van der Waals surface area contributed by atoms with E-state index in [1.165, 1.54) is 22.9 Å². The molecule has 0 spiro atoms. The highest BCUT2D eigenvalue weighted by Crippen LogP contribution is 2.32. The summed E-state index contributed by atoms with van der Waals surface area (Å²) in [6.45, 7) is 4.54. The second-order valence-corrected chi connectivity index (χ2v) is 5.39. The van der Waals surface area contributed by atoms with E-state index in [-0.39, 0.29) is 0 Å². The van der Waals surface area contributed by atoms with Gasteiger partial charge in [0.05, 0.1) is 0 Å². The Morgan fingerprint density at radius 3 is 2.60 bits per heavy atom. The Bertz CT molecular complexity index is 320. The van der Waals surface area contributed by atoms with Crippen molar-refractivity contribution in [3.05, 3.63) is 34.3 Å². The van der Waals surface area contributed by atoms with Gasteiger partial charge in [-0.15, -0.1) is 0 Å². The van der Waals surface area contributed by atoms with E-state index < -0.39 is 0 Å². The fourth-order valence-electron chi connectivity index (χ4n) is 2.58. The van der Waals surface area contributed by atoms with Crippen molar-refractivity contribution in [2.45, 2.75) is 44.7 Å². The van der Waals surface area contributed by atoms with E-state index in [9.17, 15) is 0 Å². The fourth-order valence-corrected chi connectivity index (χ4v) is 2.84. The van der Waals surface area contributed by atoms with Crippen LogP contribution in [0.1, 0.15) is 38.2 Å². The van der Waals surface area contributed by atoms with Crippen molar-refractivity contribution < 1.29 is 0 Å². The molecule has 0 bridgehead atoms. The van der Waals surface area contributed by atoms with E-state index in [0.29, 0.717) is 18.0 Å². The molecule has 1 N–H and O–H groups in total. The topological polar surface area (TPSA) is 12.0 Å². The lowest BCUT2D eigenvalue weighted by Crippen LogP contribution is -2.28. The average Bonchev–Trinajstić information content (AvgIpc) is 2.61. The molecule has 1 aliphatic rings. The molecule has 15 heavy (non-hydrogen) atoms. The van der Waals surface area contributed by atoms with Gasteiger partial charge in [-0.3, -0.25) is 0 Å². The van der Waals surface area contributed by atoms with Crippen LogP contribution in [0.15, 0.2) is 28.7 Å². The molecule has 0 aromatic heterocycles. The summed E-state index contributed by atoms with van der Waals surface area (Å²) < 4.78 is 1.17. The molecule has 1 aromatic rings. The van der Waals surface area contributed by atoms with Gasteiger partial charge in [-0.25, -0.2) is 0 Å². The van der Waals surface area contributed by atoms with Crippen molar-refractivity contribution >= 4 is 15.9 Å². The largest absolute Gasteiger partial charge is 0.311 e. The molecule has 2 heteroatoms. The van der Waals surface area contributed by atoms with Gasteiger partial charge in [0.15, 0.2) is 0 Å². The highest BCUT2D eigenvalue weighted by atomic mass is 79.9. The van der Waals surface area contributed by atoms with Crippen molar-refractivity contribution in [3.8, 4) is 0 Å². The van der Waals surface area contributed by atoms with Crippen LogP contribution in [0.5, 0.6) is 0 Å². The molecular weight excluding hydrogens is 250 g/mol. The van der Waals surface area contributed by atoms with Gasteiger partial charge in [0.2, 0.25) is 0 Å². The molecule has 1 aliphatic heterocycles. The highest BCUT2D eigenvalue weighted by Gasteiger charge is 2.30. The third kappa shape index (κ3) is 2.43. The monoisotopic (exact) mass is 267 g/mol. The summed E-state index contributed by atoms with van der Waals surface area (Å²) in [5.74, 6) is 0.693. The molecule has 3 unspecified atom stereocenters. The number of nitrogens with one attached hydrogen (secondary N) is 1. The number of hydrogen-bond donors (Lipinski definition) is 1. The predicted molar refractivity (Wildman–Crippen MR) is 68.2 cm³/mol. The first-order valence-electron chi connectivity index (χ1n) is 5.72. The molecule has 0 saturated carbocycles. The lowest BCUT2D eigenvalue weighted by atomic mass is 9.90. The van der Waals surface area contributed by atoms with Crippen LogP contribution in [0.4, 0.5) is 0 Å². The molecule has 0 radical (unpaired) electrons. The molecular formula is C13H18BrN. The second-order valence-electron chi connectivity index (χ2n) is 4.48. The van der Waals surface area contributed by atoms with Crippen LogP contribution in [0, 0.1) is 0 Å². The van der Waals surface area contributed by atoms with Crippen LogP contribution in [-0.2, 0) is 0 Å². The Morgan fingerprint density at radius 1 is 1.33 bits per heavy atom. The lowest BCUT2D eigenvalue weighted by Gasteiger charge is -2.18. The molecule has 1 heterocycles. The van der Waals surface area contributed by atoms with E-state index in [1.54, 1.807) is 0 Å². The van der Waals surface area contributed by atoms with Crippen molar-refractivity contribution in [3.63, 3.8) is 0 Å². The average molecular weight is 268 g/mol. The summed E-state index contributed by atoms with van der Waals surface area (Å²) in [5, 5.41) is 3.65. The third-order valence-electron chi connectivity index (χ3n) is 3.33. The van der Waals surface area contributed by atoms with Crippen molar-refractivity contribution in [2.24, 2.45) is 0 Å². The van der Waals surface area contributed by atoms with Crippen LogP contribution in [0.25, 0.3) is 0 Å². The Labute approximate surface area is 100 Å². The molecule has 1 saturated heterocycles. The van der Waals surface area contributed by atoms with Gasteiger partial charge in [0, 0.05) is 22.5 Å². The molecule has 2 rings (SSSR count). The maximum atomic E-state index is 3.65. The van der Waals surface area contributed by atoms with Crippen molar-refractivity contribution in [2.75, 3.05) is 0 Å². The lowest BCUT2D eigenvalue weighted by molar-refractivity contribution is 0.517. The minimum Gasteiger partial charge on any atom is -0.311 e. The molecule has 3 atom stereocenters. The van der Waals surface area contributed by atoms with Gasteiger partial charge in [-0.1, -0.05) is 35.0 Å². The van der Waals surface area contributed by atoms with Crippen LogP contribution in [0.2, 0.25) is 0 Å². The summed E-state index contributed by atoms with van der Waals surface area (Å²) in [4.78, 5) is 0. The first-order chi connectivity index (χ1) is 7.20. The minimum atomic E-state index is 0.654. The van der Waals surface area contributed by atoms with Gasteiger partial charge in [-0.2, -0.15) is 0 Å². The molecule has 82 valence electrons. The zero-order valence-electron chi connectivity index (χ0n) is 9.33. The van der Waals surface area contributed by atoms with Crippen molar-refractivity contribution in [1.29, 1.82) is 0 Å². The smallest absolute Gasteiger partial charge is 0.0175 e. The highest BCUT2D eigenvalue weighted by molar-refractivity contribution is 9.10. The Kier molecular flexibility index (Phi) is 3.47. The second kappa shape index (κ2) is 4.67. The zero-order chi connectivity index (χ0) is 10.8. The fraction of sp³-hybridized carbons (Fsp3) is 0.538. The minimum absolute atomic E-state index is 0.654. The van der Waals surface area contributed by atoms with Gasteiger partial charge >= 0.3 is 0 Å². The Morgan fingerprint density at radius 2 is 2.00 bits per heavy atom. The van der Waals surface area contributed by atoms with E-state index in [0.717, 1.165) is 0 Å². The Hall–Kier alpha value is -0.340. The number of halogens is 1. The summed E-state index contributed by atoms with van der Waals surface area (Å²) in [7, 11) is 0. The maximum absolute atomic E-state index is 3.65. The van der Waals surface area contributed by atoms with Gasteiger partial charge < -0.3 is 5.32 Å². The first-order valence-corrected chi connectivity index (χ1v) is 6.51. The van der Waals surface area contributed by atoms with Crippen LogP contribution >= 0.6 is 15.9 Å². The molecule has 0 aliphatic carbocycles. The van der Waals surface area contributed by atoms with E-state index in [2.05, 4.69) is 59.4 Å². The van der Waals surface area contributed by atoms with Gasteiger partial charge in [0.25, 0.3) is 0 Å². The normalized spacial score (nSPS) is 30.7. The molecule has 1 fully saturated rings. The Balaban J connectivity index is 2.19. The molecule has 1 aromatic carbocycles. The van der Waals surface area contributed by atoms with Crippen LogP contribution < -0.4 is 5.32 Å². The van der Waals surface area contributed by atoms with Crippen molar-refractivity contribution in [1.82, 2.24) is 5.32 Å². The van der Waals surface area contributed by atoms with Gasteiger partial charge in [-0.05, 0) is 37.5 Å². The number of hydrogen-bond acceptors (Lipinski definition) is 1. The van der Waals surface area contributed by atoms with Gasteiger partial charge in [0.1, 0.15) is 0 Å². The maximum Gasteiger partial charge on any atom is 0.0175 e. The third-order valence-corrected chi connectivity index (χ3v) is 3.86. The zero-order valence-corrected chi connectivity index (χ0v) is 10.9. The number of rotatable bonds is 2. The van der Waals surface area contributed by atoms with Crippen LogP contribution in [0.3, 0.4) is 0 Å². The standard InChI is InChI=1S/C13H18BrN/c1-3-13-12(8-9(2)15-13)10-4-6-11(14)7-5-10/h4-7,9,12-13,15H,3,8H2,1-2H3. The summed E-state index contributed by atoms with van der Waals surface area (Å²) in [5.41, 5.74) is 1.47. The summed E-state index contributed by atoms with van der Waals surface area (Å²) in [6, 6.07) is 10.1. The summed E-state index contributed by atoms with van der Waals surface area (Å²) in [6.07, 6.45) is 2.48. The van der Waals surface area contributed by atoms with Crippen LogP contribution in [-0.4, -0.2) is 12.1 Å². The first kappa shape index (κ1) is 11.2. The molecule has 0 amide bonds. The number of benzene rings is 1.